The molecule has 2 unspecified atom stereocenters. The van der Waals surface area contributed by atoms with Crippen LogP contribution in [0.3, 0.4) is 0 Å². The summed E-state index contributed by atoms with van der Waals surface area (Å²) in [4.78, 5) is 54.9. The summed E-state index contributed by atoms with van der Waals surface area (Å²) in [6, 6.07) is -2.02. The third-order valence-corrected chi connectivity index (χ3v) is 5.63. The standard InChI is InChI=1S/C20H30N4O7S/c1-12(2)16(24-20(28)31-9-8-30-7-6-29-3)18(26)23-14-10-15-13(22-11-32-15)4-5-21-19(27)17(14)25/h11-12,14,16H,4-10H2,1-3H3,(H,21,27)(H,23,26)(H,24,28). The maximum absolute atomic E-state index is 12.9. The summed E-state index contributed by atoms with van der Waals surface area (Å²) in [7, 11) is 1.55. The quantitative estimate of drug-likeness (QED) is 0.316. The first kappa shape index (κ1) is 25.7. The Morgan fingerprint density at radius 2 is 2.00 bits per heavy atom. The zero-order valence-electron chi connectivity index (χ0n) is 18.5. The minimum absolute atomic E-state index is 0.0113. The molecule has 32 heavy (non-hydrogen) atoms. The molecule has 178 valence electrons. The van der Waals surface area contributed by atoms with Gasteiger partial charge in [-0.1, -0.05) is 13.8 Å². The number of nitrogens with zero attached hydrogens (tertiary/aromatic N) is 1. The lowest BCUT2D eigenvalue weighted by Gasteiger charge is -2.24. The molecule has 1 aliphatic rings. The predicted octanol–water partition coefficient (Wildman–Crippen LogP) is -0.174. The molecule has 1 aromatic heterocycles. The average molecular weight is 471 g/mol. The lowest BCUT2D eigenvalue weighted by Crippen LogP contribution is -2.56. The number of ketones is 1. The Kier molecular flexibility index (Phi) is 10.5. The van der Waals surface area contributed by atoms with Gasteiger partial charge in [0.25, 0.3) is 5.91 Å². The van der Waals surface area contributed by atoms with Crippen LogP contribution in [0.1, 0.15) is 24.4 Å². The van der Waals surface area contributed by atoms with Crippen molar-refractivity contribution in [3.05, 3.63) is 16.1 Å². The number of hydrogen-bond acceptors (Lipinski definition) is 9. The number of Topliss-reactive ketones (excluding diaryl/α,β-unsaturated/α-hetero) is 1. The Bertz CT molecular complexity index is 799. The molecule has 12 heteroatoms. The predicted molar refractivity (Wildman–Crippen MR) is 115 cm³/mol. The van der Waals surface area contributed by atoms with Crippen molar-refractivity contribution in [1.82, 2.24) is 20.9 Å². The topological polar surface area (TPSA) is 145 Å². The van der Waals surface area contributed by atoms with E-state index in [0.29, 0.717) is 26.2 Å². The van der Waals surface area contributed by atoms with Crippen LogP contribution in [0.2, 0.25) is 0 Å². The monoisotopic (exact) mass is 470 g/mol. The number of aromatic nitrogens is 1. The molecule has 0 aromatic carbocycles. The Labute approximate surface area is 190 Å². The van der Waals surface area contributed by atoms with E-state index in [1.54, 1.807) is 26.5 Å². The van der Waals surface area contributed by atoms with Gasteiger partial charge >= 0.3 is 6.09 Å². The highest BCUT2D eigenvalue weighted by molar-refractivity contribution is 7.09. The second kappa shape index (κ2) is 13.1. The first-order valence-electron chi connectivity index (χ1n) is 10.4. The number of amides is 3. The molecular weight excluding hydrogens is 440 g/mol. The zero-order valence-corrected chi connectivity index (χ0v) is 19.3. The summed E-state index contributed by atoms with van der Waals surface area (Å²) in [6.07, 6.45) is -0.112. The lowest BCUT2D eigenvalue weighted by molar-refractivity contribution is -0.140. The molecule has 3 N–H and O–H groups in total. The average Bonchev–Trinajstić information content (AvgIpc) is 3.20. The second-order valence-corrected chi connectivity index (χ2v) is 8.40. The molecule has 0 fully saturated rings. The maximum Gasteiger partial charge on any atom is 0.407 e. The summed E-state index contributed by atoms with van der Waals surface area (Å²) < 4.78 is 15.1. The van der Waals surface area contributed by atoms with E-state index in [4.69, 9.17) is 14.2 Å². The number of methoxy groups -OCH3 is 1. The van der Waals surface area contributed by atoms with Crippen LogP contribution in [0.4, 0.5) is 4.79 Å². The van der Waals surface area contributed by atoms with Crippen molar-refractivity contribution in [3.8, 4) is 0 Å². The van der Waals surface area contributed by atoms with Crippen LogP contribution in [-0.4, -0.2) is 80.8 Å². The van der Waals surface area contributed by atoms with Crippen molar-refractivity contribution in [2.75, 3.05) is 40.1 Å². The molecule has 0 saturated carbocycles. The van der Waals surface area contributed by atoms with Crippen LogP contribution >= 0.6 is 11.3 Å². The van der Waals surface area contributed by atoms with E-state index in [2.05, 4.69) is 20.9 Å². The lowest BCUT2D eigenvalue weighted by atomic mass is 10.0. The van der Waals surface area contributed by atoms with E-state index in [-0.39, 0.29) is 25.6 Å². The van der Waals surface area contributed by atoms with Crippen molar-refractivity contribution in [2.45, 2.75) is 38.8 Å². The van der Waals surface area contributed by atoms with Gasteiger partial charge < -0.3 is 30.2 Å². The Balaban J connectivity index is 1.97. The van der Waals surface area contributed by atoms with Gasteiger partial charge in [-0.05, 0) is 5.92 Å². The normalized spacial score (nSPS) is 17.4. The van der Waals surface area contributed by atoms with Crippen LogP contribution in [0.15, 0.2) is 5.51 Å². The van der Waals surface area contributed by atoms with Crippen molar-refractivity contribution in [1.29, 1.82) is 0 Å². The van der Waals surface area contributed by atoms with Gasteiger partial charge in [-0.25, -0.2) is 9.78 Å². The Morgan fingerprint density at radius 3 is 2.72 bits per heavy atom. The third-order valence-electron chi connectivity index (χ3n) is 4.73. The van der Waals surface area contributed by atoms with Crippen LogP contribution in [-0.2, 0) is 41.4 Å². The summed E-state index contributed by atoms with van der Waals surface area (Å²) in [5.41, 5.74) is 2.46. The van der Waals surface area contributed by atoms with Crippen molar-refractivity contribution in [3.63, 3.8) is 0 Å². The number of thiazole rings is 1. The number of alkyl carbamates (subject to hydrolysis) is 1. The minimum Gasteiger partial charge on any atom is -0.447 e. The number of hydrogen-bond donors (Lipinski definition) is 3. The van der Waals surface area contributed by atoms with E-state index in [1.807, 2.05) is 0 Å². The molecule has 0 bridgehead atoms. The van der Waals surface area contributed by atoms with Crippen LogP contribution in [0.25, 0.3) is 0 Å². The number of carbonyl (C=O) groups is 4. The number of fused-ring (bicyclic) bond motifs is 1. The van der Waals surface area contributed by atoms with Crippen LogP contribution in [0, 0.1) is 5.92 Å². The van der Waals surface area contributed by atoms with E-state index in [9.17, 15) is 19.2 Å². The maximum atomic E-state index is 12.9. The summed E-state index contributed by atoms with van der Waals surface area (Å²) in [5.74, 6) is -2.37. The Hall–Kier alpha value is -2.57. The SMILES string of the molecule is COCCOCCOC(=O)NC(C(=O)NC1Cc2scnc2CCNC(=O)C1=O)C(C)C. The smallest absolute Gasteiger partial charge is 0.407 e. The zero-order chi connectivity index (χ0) is 23.5. The van der Waals surface area contributed by atoms with Crippen LogP contribution < -0.4 is 16.0 Å². The molecule has 0 aliphatic carbocycles. The molecule has 11 nitrogen and oxygen atoms in total. The molecular formula is C20H30N4O7S. The number of carbonyl (C=O) groups excluding carboxylic acids is 4. The molecule has 1 aliphatic heterocycles. The fraction of sp³-hybridized carbons (Fsp3) is 0.650. The number of rotatable bonds is 10. The second-order valence-electron chi connectivity index (χ2n) is 7.46. The van der Waals surface area contributed by atoms with Gasteiger partial charge in [-0.15, -0.1) is 11.3 Å². The summed E-state index contributed by atoms with van der Waals surface area (Å²) >= 11 is 1.37. The van der Waals surface area contributed by atoms with E-state index >= 15 is 0 Å². The van der Waals surface area contributed by atoms with Crippen molar-refractivity contribution >= 4 is 35.0 Å². The van der Waals surface area contributed by atoms with Gasteiger partial charge in [0.15, 0.2) is 0 Å². The van der Waals surface area contributed by atoms with Crippen molar-refractivity contribution < 1.29 is 33.4 Å². The largest absolute Gasteiger partial charge is 0.447 e. The Morgan fingerprint density at radius 1 is 1.25 bits per heavy atom. The fourth-order valence-electron chi connectivity index (χ4n) is 3.00. The van der Waals surface area contributed by atoms with Crippen molar-refractivity contribution in [2.24, 2.45) is 5.92 Å². The molecule has 2 rings (SSSR count). The summed E-state index contributed by atoms with van der Waals surface area (Å²) in [6.45, 7) is 4.80. The molecule has 0 saturated heterocycles. The van der Waals surface area contributed by atoms with E-state index < -0.39 is 35.8 Å². The summed E-state index contributed by atoms with van der Waals surface area (Å²) in [5, 5.41) is 7.69. The van der Waals surface area contributed by atoms with E-state index in [0.717, 1.165) is 10.6 Å². The highest BCUT2D eigenvalue weighted by Crippen LogP contribution is 2.18. The molecule has 2 atom stereocenters. The molecule has 0 spiro atoms. The van der Waals surface area contributed by atoms with Gasteiger partial charge in [-0.2, -0.15) is 0 Å². The first-order valence-corrected chi connectivity index (χ1v) is 11.2. The number of ether oxygens (including phenoxy) is 3. The molecule has 3 amide bonds. The van der Waals surface area contributed by atoms with Gasteiger partial charge in [0, 0.05) is 31.4 Å². The fourth-order valence-corrected chi connectivity index (χ4v) is 3.86. The number of nitrogens with one attached hydrogen (secondary N) is 3. The molecule has 2 heterocycles. The highest BCUT2D eigenvalue weighted by atomic mass is 32.1. The van der Waals surface area contributed by atoms with Gasteiger partial charge in [0.05, 0.1) is 31.0 Å². The minimum atomic E-state index is -1.06. The van der Waals surface area contributed by atoms with Gasteiger partial charge in [0.2, 0.25) is 11.7 Å². The van der Waals surface area contributed by atoms with Gasteiger partial charge in [-0.3, -0.25) is 14.4 Å². The molecule has 0 radical (unpaired) electrons. The molecule has 1 aromatic rings. The van der Waals surface area contributed by atoms with Crippen LogP contribution in [0.5, 0.6) is 0 Å². The van der Waals surface area contributed by atoms with Gasteiger partial charge in [0.1, 0.15) is 18.7 Å². The van der Waals surface area contributed by atoms with E-state index in [1.165, 1.54) is 11.3 Å². The highest BCUT2D eigenvalue weighted by Gasteiger charge is 2.33. The third kappa shape index (κ3) is 7.84. The first-order chi connectivity index (χ1) is 15.3.